The lowest BCUT2D eigenvalue weighted by Gasteiger charge is -2.36. The predicted molar refractivity (Wildman–Crippen MR) is 111 cm³/mol. The maximum Gasteiger partial charge on any atom is 0.248 e. The number of carbonyl (C=O) groups is 1. The molecular weight excluding hydrogens is 388 g/mol. The Hall–Kier alpha value is -3.23. The van der Waals surface area contributed by atoms with Crippen LogP contribution in [-0.2, 0) is 14.8 Å². The van der Waals surface area contributed by atoms with Crippen LogP contribution in [0.5, 0.6) is 0 Å². The van der Waals surface area contributed by atoms with Gasteiger partial charge in [-0.1, -0.05) is 30.3 Å². The number of rotatable bonds is 4. The van der Waals surface area contributed by atoms with Crippen LogP contribution in [0.2, 0.25) is 0 Å². The maximum absolute atomic E-state index is 13.1. The van der Waals surface area contributed by atoms with Gasteiger partial charge < -0.3 is 10.2 Å². The van der Waals surface area contributed by atoms with Crippen molar-refractivity contribution in [1.29, 1.82) is 0 Å². The minimum absolute atomic E-state index is 0.00238. The number of hydrogen-bond acceptors (Lipinski definition) is 5. The van der Waals surface area contributed by atoms with E-state index in [-0.39, 0.29) is 18.1 Å². The van der Waals surface area contributed by atoms with Gasteiger partial charge in [0.2, 0.25) is 15.9 Å². The van der Waals surface area contributed by atoms with Crippen molar-refractivity contribution < 1.29 is 13.2 Å². The number of aryl methyl sites for hydroxylation is 1. The first-order valence-electron chi connectivity index (χ1n) is 9.09. The summed E-state index contributed by atoms with van der Waals surface area (Å²) in [4.78, 5) is 18.7. The van der Waals surface area contributed by atoms with E-state index in [1.807, 2.05) is 55.5 Å². The monoisotopic (exact) mass is 408 g/mol. The van der Waals surface area contributed by atoms with E-state index in [1.165, 1.54) is 6.07 Å². The third-order valence-electron chi connectivity index (χ3n) is 4.61. The van der Waals surface area contributed by atoms with Gasteiger partial charge in [-0.2, -0.15) is 4.31 Å². The first kappa shape index (κ1) is 19.1. The molecule has 0 aliphatic carbocycles. The van der Waals surface area contributed by atoms with Gasteiger partial charge in [0.05, 0.1) is 13.2 Å². The molecule has 0 saturated carbocycles. The number of hydrogen-bond donors (Lipinski definition) is 1. The van der Waals surface area contributed by atoms with Crippen LogP contribution in [0.25, 0.3) is 0 Å². The third kappa shape index (κ3) is 3.85. The first-order valence-corrected chi connectivity index (χ1v) is 10.5. The largest absolute Gasteiger partial charge is 0.325 e. The number of benzene rings is 2. The normalized spacial score (nSPS) is 15.6. The molecule has 0 unspecified atom stereocenters. The first-order chi connectivity index (χ1) is 13.9. The molecule has 2 heterocycles. The predicted octanol–water partition coefficient (Wildman–Crippen LogP) is 3.13. The van der Waals surface area contributed by atoms with E-state index >= 15 is 0 Å². The zero-order valence-corrected chi connectivity index (χ0v) is 16.6. The quantitative estimate of drug-likeness (QED) is 0.717. The summed E-state index contributed by atoms with van der Waals surface area (Å²) in [6, 6.07) is 19.8. The minimum atomic E-state index is -3.85. The molecule has 0 fully saturated rings. The van der Waals surface area contributed by atoms with Crippen LogP contribution in [0.3, 0.4) is 0 Å². The zero-order valence-electron chi connectivity index (χ0n) is 15.8. The van der Waals surface area contributed by atoms with Crippen molar-refractivity contribution in [3.63, 3.8) is 0 Å². The number of carbonyl (C=O) groups excluding carboxylic acids is 1. The van der Waals surface area contributed by atoms with Gasteiger partial charge in [0.15, 0.2) is 5.82 Å². The van der Waals surface area contributed by atoms with Gasteiger partial charge in [-0.15, -0.1) is 0 Å². The van der Waals surface area contributed by atoms with Crippen LogP contribution in [-0.4, -0.2) is 36.8 Å². The molecule has 2 aromatic carbocycles. The van der Waals surface area contributed by atoms with Crippen LogP contribution in [0.15, 0.2) is 77.8 Å². The molecule has 29 heavy (non-hydrogen) atoms. The molecule has 1 aliphatic rings. The molecule has 7 nitrogen and oxygen atoms in total. The van der Waals surface area contributed by atoms with Gasteiger partial charge >= 0.3 is 0 Å². The second-order valence-electron chi connectivity index (χ2n) is 6.76. The number of sulfonamides is 1. The Morgan fingerprint density at radius 1 is 1.07 bits per heavy atom. The van der Waals surface area contributed by atoms with E-state index in [0.29, 0.717) is 11.5 Å². The number of pyridine rings is 1. The van der Waals surface area contributed by atoms with Crippen molar-refractivity contribution in [2.45, 2.75) is 11.8 Å². The molecule has 4 rings (SSSR count). The van der Waals surface area contributed by atoms with Gasteiger partial charge in [-0.25, -0.2) is 13.4 Å². The smallest absolute Gasteiger partial charge is 0.248 e. The number of nitrogens with one attached hydrogen (secondary N) is 1. The van der Waals surface area contributed by atoms with Gasteiger partial charge in [-0.3, -0.25) is 4.79 Å². The Labute approximate surface area is 169 Å². The fourth-order valence-electron chi connectivity index (χ4n) is 3.26. The molecular formula is C21H20N4O3S. The second kappa shape index (κ2) is 7.65. The van der Waals surface area contributed by atoms with Gasteiger partial charge in [0, 0.05) is 17.6 Å². The molecule has 8 heteroatoms. The highest BCUT2D eigenvalue weighted by atomic mass is 32.2. The number of anilines is 3. The summed E-state index contributed by atoms with van der Waals surface area (Å²) < 4.78 is 27.4. The lowest BCUT2D eigenvalue weighted by Crippen LogP contribution is -2.47. The van der Waals surface area contributed by atoms with Crippen molar-refractivity contribution in [2.75, 3.05) is 23.4 Å². The average Bonchev–Trinajstić information content (AvgIpc) is 2.71. The van der Waals surface area contributed by atoms with Crippen molar-refractivity contribution >= 4 is 33.1 Å². The van der Waals surface area contributed by atoms with Gasteiger partial charge in [0.25, 0.3) is 0 Å². The average molecular weight is 408 g/mol. The molecule has 0 atom stereocenters. The summed E-state index contributed by atoms with van der Waals surface area (Å²) in [5, 5.41) is 2.77. The fraction of sp³-hybridized carbons (Fsp3) is 0.143. The minimum Gasteiger partial charge on any atom is -0.325 e. The van der Waals surface area contributed by atoms with Crippen molar-refractivity contribution in [3.05, 3.63) is 78.5 Å². The molecule has 148 valence electrons. The molecule has 0 saturated heterocycles. The van der Waals surface area contributed by atoms with Gasteiger partial charge in [0.1, 0.15) is 4.90 Å². The Kier molecular flexibility index (Phi) is 5.04. The summed E-state index contributed by atoms with van der Waals surface area (Å²) in [6.45, 7) is 1.62. The standard InChI is InChI=1S/C21H20N4O3S/c1-16-7-5-8-17(13-16)23-20(26)14-24-15-25(18-9-3-2-4-10-18)21-19(29(24,27)28)11-6-12-22-21/h2-13H,14-15H2,1H3,(H,23,26). The van der Waals surface area contributed by atoms with E-state index in [0.717, 1.165) is 15.6 Å². The molecule has 0 radical (unpaired) electrons. The molecule has 3 aromatic rings. The summed E-state index contributed by atoms with van der Waals surface area (Å²) in [5.74, 6) is -0.0476. The summed E-state index contributed by atoms with van der Waals surface area (Å²) in [7, 11) is -3.85. The Balaban J connectivity index is 1.64. The second-order valence-corrected chi connectivity index (χ2v) is 8.67. The molecule has 0 spiro atoms. The van der Waals surface area contributed by atoms with E-state index in [1.54, 1.807) is 23.2 Å². The summed E-state index contributed by atoms with van der Waals surface area (Å²) >= 11 is 0. The van der Waals surface area contributed by atoms with E-state index in [2.05, 4.69) is 10.3 Å². The topological polar surface area (TPSA) is 82.6 Å². The van der Waals surface area contributed by atoms with Crippen molar-refractivity contribution in [3.8, 4) is 0 Å². The number of amides is 1. The van der Waals surface area contributed by atoms with Crippen LogP contribution >= 0.6 is 0 Å². The zero-order chi connectivity index (χ0) is 20.4. The maximum atomic E-state index is 13.1. The number of nitrogens with zero attached hydrogens (tertiary/aromatic N) is 3. The number of aromatic nitrogens is 1. The Morgan fingerprint density at radius 3 is 2.62 bits per heavy atom. The molecule has 1 aliphatic heterocycles. The number of fused-ring (bicyclic) bond motifs is 1. The Bertz CT molecular complexity index is 1150. The molecule has 1 N–H and O–H groups in total. The summed E-state index contributed by atoms with van der Waals surface area (Å²) in [5.41, 5.74) is 2.43. The van der Waals surface area contributed by atoms with Crippen LogP contribution in [0.4, 0.5) is 17.2 Å². The van der Waals surface area contributed by atoms with Gasteiger partial charge in [-0.05, 0) is 48.9 Å². The highest BCUT2D eigenvalue weighted by molar-refractivity contribution is 7.89. The lowest BCUT2D eigenvalue weighted by molar-refractivity contribution is -0.116. The van der Waals surface area contributed by atoms with Crippen LogP contribution in [0.1, 0.15) is 5.56 Å². The molecule has 1 amide bonds. The Morgan fingerprint density at radius 2 is 1.86 bits per heavy atom. The SMILES string of the molecule is Cc1cccc(NC(=O)CN2CN(c3ccccc3)c3ncccc3S2(=O)=O)c1. The van der Waals surface area contributed by atoms with E-state index in [4.69, 9.17) is 0 Å². The van der Waals surface area contributed by atoms with Crippen LogP contribution in [0, 0.1) is 6.92 Å². The lowest BCUT2D eigenvalue weighted by atomic mass is 10.2. The van der Waals surface area contributed by atoms with Crippen LogP contribution < -0.4 is 10.2 Å². The third-order valence-corrected chi connectivity index (χ3v) is 6.41. The molecule has 1 aromatic heterocycles. The summed E-state index contributed by atoms with van der Waals surface area (Å²) in [6.07, 6.45) is 1.56. The highest BCUT2D eigenvalue weighted by Crippen LogP contribution is 2.35. The fourth-order valence-corrected chi connectivity index (χ4v) is 4.73. The number of para-hydroxylation sites is 1. The van der Waals surface area contributed by atoms with E-state index < -0.39 is 15.9 Å². The van der Waals surface area contributed by atoms with Crippen molar-refractivity contribution in [1.82, 2.24) is 9.29 Å². The van der Waals surface area contributed by atoms with Crippen molar-refractivity contribution in [2.24, 2.45) is 0 Å². The highest BCUT2D eigenvalue weighted by Gasteiger charge is 2.37. The van der Waals surface area contributed by atoms with E-state index in [9.17, 15) is 13.2 Å². The molecule has 0 bridgehead atoms.